The minimum Gasteiger partial charge on any atom is -0.375 e. The summed E-state index contributed by atoms with van der Waals surface area (Å²) >= 11 is 0. The Bertz CT molecular complexity index is 606. The van der Waals surface area contributed by atoms with E-state index in [9.17, 15) is 4.79 Å². The zero-order valence-corrected chi connectivity index (χ0v) is 16.0. The number of carbonyl (C=O) groups is 1. The van der Waals surface area contributed by atoms with Gasteiger partial charge in [-0.3, -0.25) is 9.69 Å². The normalized spacial score (nSPS) is 26.1. The smallest absolute Gasteiger partial charge is 0.225 e. The Labute approximate surface area is 157 Å². The second-order valence-electron chi connectivity index (χ2n) is 8.53. The summed E-state index contributed by atoms with van der Waals surface area (Å²) < 4.78 is 6.30. The van der Waals surface area contributed by atoms with Gasteiger partial charge in [-0.15, -0.1) is 0 Å². The molecular formula is C22H32N2O2. The predicted octanol–water partition coefficient (Wildman–Crippen LogP) is 3.46. The van der Waals surface area contributed by atoms with E-state index in [1.54, 1.807) is 0 Å². The van der Waals surface area contributed by atoms with Crippen molar-refractivity contribution in [1.29, 1.82) is 0 Å². The van der Waals surface area contributed by atoms with E-state index in [1.807, 2.05) is 0 Å². The fourth-order valence-electron chi connectivity index (χ4n) is 4.78. The largest absolute Gasteiger partial charge is 0.375 e. The van der Waals surface area contributed by atoms with Gasteiger partial charge in [0, 0.05) is 38.2 Å². The van der Waals surface area contributed by atoms with Crippen LogP contribution < -0.4 is 0 Å². The molecule has 2 aliphatic heterocycles. The SMILES string of the molecule is CN(Cc1ccccc1)C1CCOC2(CCN(C(=O)C3CCC3)CC2)C1. The van der Waals surface area contributed by atoms with E-state index in [0.29, 0.717) is 17.9 Å². The average molecular weight is 357 g/mol. The average Bonchev–Trinajstić information content (AvgIpc) is 2.62. The van der Waals surface area contributed by atoms with Crippen molar-refractivity contribution < 1.29 is 9.53 Å². The van der Waals surface area contributed by atoms with Crippen molar-refractivity contribution in [3.63, 3.8) is 0 Å². The lowest BCUT2D eigenvalue weighted by Gasteiger charge is -2.48. The zero-order chi connectivity index (χ0) is 18.0. The molecular weight excluding hydrogens is 324 g/mol. The van der Waals surface area contributed by atoms with E-state index in [2.05, 4.69) is 47.2 Å². The number of piperidine rings is 1. The Morgan fingerprint density at radius 3 is 2.58 bits per heavy atom. The molecule has 1 saturated carbocycles. The van der Waals surface area contributed by atoms with Crippen molar-refractivity contribution in [2.45, 2.75) is 63.1 Å². The second-order valence-corrected chi connectivity index (χ2v) is 8.53. The van der Waals surface area contributed by atoms with Gasteiger partial charge in [-0.05, 0) is 51.1 Å². The van der Waals surface area contributed by atoms with Crippen LogP contribution in [-0.2, 0) is 16.1 Å². The topological polar surface area (TPSA) is 32.8 Å². The molecule has 2 heterocycles. The molecule has 142 valence electrons. The summed E-state index contributed by atoms with van der Waals surface area (Å²) in [4.78, 5) is 17.1. The highest BCUT2D eigenvalue weighted by molar-refractivity contribution is 5.79. The van der Waals surface area contributed by atoms with Crippen LogP contribution in [0.3, 0.4) is 0 Å². The Morgan fingerprint density at radius 2 is 1.92 bits per heavy atom. The minimum atomic E-state index is -0.00966. The summed E-state index contributed by atoms with van der Waals surface area (Å²) in [6, 6.07) is 11.3. The number of hydrogen-bond donors (Lipinski definition) is 0. The Kier molecular flexibility index (Phi) is 5.32. The molecule has 4 heteroatoms. The molecule has 1 spiro atoms. The summed E-state index contributed by atoms with van der Waals surface area (Å²) in [6.45, 7) is 3.60. The fraction of sp³-hybridized carbons (Fsp3) is 0.682. The van der Waals surface area contributed by atoms with Gasteiger partial charge in [-0.1, -0.05) is 36.8 Å². The lowest BCUT2D eigenvalue weighted by atomic mass is 9.80. The van der Waals surface area contributed by atoms with Crippen LogP contribution in [0.1, 0.15) is 50.5 Å². The molecule has 3 aliphatic rings. The van der Waals surface area contributed by atoms with Crippen molar-refractivity contribution in [3.05, 3.63) is 35.9 Å². The maximum Gasteiger partial charge on any atom is 0.225 e. The summed E-state index contributed by atoms with van der Waals surface area (Å²) in [7, 11) is 2.24. The van der Waals surface area contributed by atoms with Crippen LogP contribution in [0.2, 0.25) is 0 Å². The van der Waals surface area contributed by atoms with Crippen molar-refractivity contribution in [1.82, 2.24) is 9.80 Å². The first-order valence-electron chi connectivity index (χ1n) is 10.3. The number of likely N-dealkylation sites (tertiary alicyclic amines) is 1. The molecule has 4 nitrogen and oxygen atoms in total. The maximum absolute atomic E-state index is 12.5. The first-order valence-corrected chi connectivity index (χ1v) is 10.3. The molecule has 0 bridgehead atoms. The van der Waals surface area contributed by atoms with E-state index >= 15 is 0 Å². The lowest BCUT2D eigenvalue weighted by Crippen LogP contribution is -2.54. The van der Waals surface area contributed by atoms with E-state index in [1.165, 1.54) is 12.0 Å². The molecule has 1 aromatic rings. The van der Waals surface area contributed by atoms with Crippen LogP contribution in [0.5, 0.6) is 0 Å². The fourth-order valence-corrected chi connectivity index (χ4v) is 4.78. The molecule has 2 saturated heterocycles. The standard InChI is InChI=1S/C22H32N2O2/c1-23(17-18-6-3-2-4-7-18)20-10-15-26-22(16-20)11-13-24(14-12-22)21(25)19-8-5-9-19/h2-4,6-7,19-20H,5,8-17H2,1H3. The van der Waals surface area contributed by atoms with Crippen molar-refractivity contribution in [2.75, 3.05) is 26.7 Å². The molecule has 1 unspecified atom stereocenters. The van der Waals surface area contributed by atoms with Gasteiger partial charge in [0.05, 0.1) is 5.60 Å². The summed E-state index contributed by atoms with van der Waals surface area (Å²) in [5, 5.41) is 0. The van der Waals surface area contributed by atoms with Gasteiger partial charge in [-0.2, -0.15) is 0 Å². The molecule has 1 aliphatic carbocycles. The number of rotatable bonds is 4. The molecule has 1 amide bonds. The summed E-state index contributed by atoms with van der Waals surface area (Å²) in [5.41, 5.74) is 1.36. The van der Waals surface area contributed by atoms with Gasteiger partial charge in [0.1, 0.15) is 0 Å². The Morgan fingerprint density at radius 1 is 1.19 bits per heavy atom. The van der Waals surface area contributed by atoms with E-state index in [-0.39, 0.29) is 5.60 Å². The zero-order valence-electron chi connectivity index (χ0n) is 16.0. The number of nitrogens with zero attached hydrogens (tertiary/aromatic N) is 2. The summed E-state index contributed by atoms with van der Waals surface area (Å²) in [5.74, 6) is 0.723. The number of carbonyl (C=O) groups excluding carboxylic acids is 1. The quantitative estimate of drug-likeness (QED) is 0.828. The second kappa shape index (κ2) is 7.69. The molecule has 3 fully saturated rings. The van der Waals surface area contributed by atoms with Crippen molar-refractivity contribution >= 4 is 5.91 Å². The van der Waals surface area contributed by atoms with Crippen LogP contribution in [0.15, 0.2) is 30.3 Å². The number of hydrogen-bond acceptors (Lipinski definition) is 3. The van der Waals surface area contributed by atoms with Crippen molar-refractivity contribution in [2.24, 2.45) is 5.92 Å². The van der Waals surface area contributed by atoms with E-state index in [0.717, 1.165) is 64.8 Å². The molecule has 0 radical (unpaired) electrons. The van der Waals surface area contributed by atoms with Gasteiger partial charge in [-0.25, -0.2) is 0 Å². The van der Waals surface area contributed by atoms with Gasteiger partial charge in [0.15, 0.2) is 0 Å². The highest BCUT2D eigenvalue weighted by Crippen LogP contribution is 2.38. The lowest BCUT2D eigenvalue weighted by molar-refractivity contribution is -0.153. The summed E-state index contributed by atoms with van der Waals surface area (Å²) in [6.07, 6.45) is 7.64. The number of benzene rings is 1. The molecule has 1 aromatic carbocycles. The molecule has 4 rings (SSSR count). The minimum absolute atomic E-state index is 0.00966. The van der Waals surface area contributed by atoms with Gasteiger partial charge in [0.2, 0.25) is 5.91 Å². The maximum atomic E-state index is 12.5. The van der Waals surface area contributed by atoms with Gasteiger partial charge >= 0.3 is 0 Å². The molecule has 1 atom stereocenters. The van der Waals surface area contributed by atoms with Crippen LogP contribution >= 0.6 is 0 Å². The predicted molar refractivity (Wildman–Crippen MR) is 103 cm³/mol. The third-order valence-corrected chi connectivity index (χ3v) is 6.81. The number of ether oxygens (including phenoxy) is 1. The Balaban J connectivity index is 1.32. The third kappa shape index (κ3) is 3.81. The monoisotopic (exact) mass is 356 g/mol. The highest BCUT2D eigenvalue weighted by Gasteiger charge is 2.43. The molecule has 0 N–H and O–H groups in total. The van der Waals surface area contributed by atoms with Crippen LogP contribution in [0, 0.1) is 5.92 Å². The highest BCUT2D eigenvalue weighted by atomic mass is 16.5. The van der Waals surface area contributed by atoms with Gasteiger partial charge < -0.3 is 9.64 Å². The molecule has 26 heavy (non-hydrogen) atoms. The van der Waals surface area contributed by atoms with Gasteiger partial charge in [0.25, 0.3) is 0 Å². The van der Waals surface area contributed by atoms with Crippen LogP contribution in [0.4, 0.5) is 0 Å². The van der Waals surface area contributed by atoms with Crippen LogP contribution in [-0.4, -0.2) is 54.1 Å². The Hall–Kier alpha value is -1.39. The third-order valence-electron chi connectivity index (χ3n) is 6.81. The van der Waals surface area contributed by atoms with Crippen molar-refractivity contribution in [3.8, 4) is 0 Å². The number of amides is 1. The van der Waals surface area contributed by atoms with Crippen LogP contribution in [0.25, 0.3) is 0 Å². The molecule has 0 aromatic heterocycles. The van der Waals surface area contributed by atoms with E-state index in [4.69, 9.17) is 4.74 Å². The van der Waals surface area contributed by atoms with E-state index < -0.39 is 0 Å². The first-order chi connectivity index (χ1) is 12.7. The first kappa shape index (κ1) is 18.0.